The number of hydrogen-bond acceptors (Lipinski definition) is 5. The maximum atomic E-state index is 13.0. The van der Waals surface area contributed by atoms with Crippen molar-refractivity contribution in [1.82, 2.24) is 0 Å². The number of hydrogen-bond donors (Lipinski definition) is 0. The molecule has 4 aliphatic carbocycles. The summed E-state index contributed by atoms with van der Waals surface area (Å²) >= 11 is 0. The molecule has 0 heterocycles. The summed E-state index contributed by atoms with van der Waals surface area (Å²) in [4.78, 5) is 35.8. The first-order valence-electron chi connectivity index (χ1n) is 11.1. The van der Waals surface area contributed by atoms with Gasteiger partial charge in [0.25, 0.3) is 0 Å². The van der Waals surface area contributed by atoms with Crippen molar-refractivity contribution in [3.8, 4) is 0 Å². The van der Waals surface area contributed by atoms with Crippen LogP contribution >= 0.6 is 0 Å². The summed E-state index contributed by atoms with van der Waals surface area (Å²) in [6.45, 7) is 5.32. The van der Waals surface area contributed by atoms with E-state index in [1.807, 2.05) is 13.8 Å². The minimum atomic E-state index is -5.08. The summed E-state index contributed by atoms with van der Waals surface area (Å²) in [5.41, 5.74) is -0.258. The van der Waals surface area contributed by atoms with Crippen LogP contribution in [0.15, 0.2) is 11.6 Å². The van der Waals surface area contributed by atoms with Crippen LogP contribution in [0.1, 0.15) is 65.7 Å². The van der Waals surface area contributed by atoms with E-state index in [0.717, 1.165) is 19.3 Å². The standard InChI is InChI=1S/C23H29F3O5/c1-12(27)30-13-6-8-21(2)16-7-9-22(3)15(4-5-19(22)28)14(16)11-18(17(21)10-13)31-20(29)23(24,25)26/h10,13-16,18H,4-9,11H2,1-3H3/t13-,14-,15-,16-,18+,21+,22-/m0/s1. The van der Waals surface area contributed by atoms with E-state index in [1.165, 1.54) is 6.92 Å². The molecule has 0 unspecified atom stereocenters. The third kappa shape index (κ3) is 3.59. The maximum Gasteiger partial charge on any atom is 0.490 e. The highest BCUT2D eigenvalue weighted by Crippen LogP contribution is 2.65. The van der Waals surface area contributed by atoms with Gasteiger partial charge in [-0.3, -0.25) is 9.59 Å². The second-order valence-corrected chi connectivity index (χ2v) is 10.1. The summed E-state index contributed by atoms with van der Waals surface area (Å²) in [5.74, 6) is -2.11. The van der Waals surface area contributed by atoms with Gasteiger partial charge in [0.1, 0.15) is 18.0 Å². The smallest absolute Gasteiger partial charge is 0.458 e. The Balaban J connectivity index is 1.72. The minimum absolute atomic E-state index is 0.0173. The highest BCUT2D eigenvalue weighted by atomic mass is 19.4. The number of alkyl halides is 3. The zero-order chi connectivity index (χ0) is 22.8. The quantitative estimate of drug-likeness (QED) is 0.464. The van der Waals surface area contributed by atoms with E-state index in [0.29, 0.717) is 24.8 Å². The molecule has 0 spiro atoms. The van der Waals surface area contributed by atoms with Gasteiger partial charge in [-0.1, -0.05) is 13.8 Å². The van der Waals surface area contributed by atoms with Crippen LogP contribution in [0.2, 0.25) is 0 Å². The monoisotopic (exact) mass is 442 g/mol. The predicted molar refractivity (Wildman–Crippen MR) is 104 cm³/mol. The van der Waals surface area contributed by atoms with Crippen LogP contribution < -0.4 is 0 Å². The fraction of sp³-hybridized carbons (Fsp3) is 0.783. The number of carbonyl (C=O) groups excluding carboxylic acids is 3. The first kappa shape index (κ1) is 22.3. The third-order valence-corrected chi connectivity index (χ3v) is 8.57. The van der Waals surface area contributed by atoms with Crippen LogP contribution in [-0.4, -0.2) is 36.1 Å². The van der Waals surface area contributed by atoms with Crippen molar-refractivity contribution in [1.29, 1.82) is 0 Å². The molecule has 4 rings (SSSR count). The van der Waals surface area contributed by atoms with Crippen molar-refractivity contribution in [3.05, 3.63) is 11.6 Å². The average Bonchev–Trinajstić information content (AvgIpc) is 2.96. The molecule has 0 aromatic heterocycles. The lowest BCUT2D eigenvalue weighted by Gasteiger charge is -2.58. The Morgan fingerprint density at radius 3 is 2.32 bits per heavy atom. The van der Waals surface area contributed by atoms with Gasteiger partial charge < -0.3 is 9.47 Å². The lowest BCUT2D eigenvalue weighted by Crippen LogP contribution is -2.55. The molecular formula is C23H29F3O5. The third-order valence-electron chi connectivity index (χ3n) is 8.57. The Morgan fingerprint density at radius 1 is 1.03 bits per heavy atom. The van der Waals surface area contributed by atoms with Crippen LogP contribution in [0.4, 0.5) is 13.2 Å². The summed E-state index contributed by atoms with van der Waals surface area (Å²) in [6.07, 6.45) is -0.621. The second-order valence-electron chi connectivity index (χ2n) is 10.1. The molecular weight excluding hydrogens is 413 g/mol. The zero-order valence-corrected chi connectivity index (χ0v) is 18.1. The fourth-order valence-electron chi connectivity index (χ4n) is 7.10. The van der Waals surface area contributed by atoms with E-state index in [4.69, 9.17) is 9.47 Å². The summed E-state index contributed by atoms with van der Waals surface area (Å²) in [5, 5.41) is 0. The first-order chi connectivity index (χ1) is 14.4. The van der Waals surface area contributed by atoms with Gasteiger partial charge in [0.15, 0.2) is 0 Å². The van der Waals surface area contributed by atoms with E-state index in [2.05, 4.69) is 0 Å². The average molecular weight is 442 g/mol. The number of esters is 2. The molecule has 4 aliphatic rings. The Morgan fingerprint density at radius 2 is 1.68 bits per heavy atom. The Labute approximate surface area is 179 Å². The Kier molecular flexibility index (Phi) is 5.29. The van der Waals surface area contributed by atoms with Crippen molar-refractivity contribution in [2.45, 2.75) is 84.1 Å². The topological polar surface area (TPSA) is 69.7 Å². The number of ketones is 1. The van der Waals surface area contributed by atoms with Crippen LogP contribution in [0.3, 0.4) is 0 Å². The minimum Gasteiger partial charge on any atom is -0.458 e. The number of rotatable bonds is 2. The highest BCUT2D eigenvalue weighted by Gasteiger charge is 2.61. The predicted octanol–water partition coefficient (Wildman–Crippen LogP) is 4.53. The number of Topliss-reactive ketones (excluding diaryl/α,β-unsaturated/α-hetero) is 1. The van der Waals surface area contributed by atoms with Crippen molar-refractivity contribution >= 4 is 17.7 Å². The molecule has 0 radical (unpaired) electrons. The van der Waals surface area contributed by atoms with Crippen LogP contribution in [0, 0.1) is 28.6 Å². The van der Waals surface area contributed by atoms with Crippen molar-refractivity contribution in [3.63, 3.8) is 0 Å². The Hall–Kier alpha value is -1.86. The van der Waals surface area contributed by atoms with Crippen LogP contribution in [0.5, 0.6) is 0 Å². The normalized spacial score (nSPS) is 42.1. The van der Waals surface area contributed by atoms with E-state index >= 15 is 0 Å². The van der Waals surface area contributed by atoms with Gasteiger partial charge in [0.2, 0.25) is 0 Å². The van der Waals surface area contributed by atoms with Gasteiger partial charge in [-0.05, 0) is 73.3 Å². The molecule has 7 atom stereocenters. The van der Waals surface area contributed by atoms with Gasteiger partial charge in [-0.2, -0.15) is 13.2 Å². The molecule has 0 aromatic rings. The molecule has 5 nitrogen and oxygen atoms in total. The number of fused-ring (bicyclic) bond motifs is 5. The van der Waals surface area contributed by atoms with E-state index in [9.17, 15) is 27.6 Å². The molecule has 0 aliphatic heterocycles. The molecule has 31 heavy (non-hydrogen) atoms. The molecule has 0 aromatic carbocycles. The molecule has 172 valence electrons. The zero-order valence-electron chi connectivity index (χ0n) is 18.1. The van der Waals surface area contributed by atoms with Crippen LogP contribution in [0.25, 0.3) is 0 Å². The van der Waals surface area contributed by atoms with Gasteiger partial charge in [-0.15, -0.1) is 0 Å². The van der Waals surface area contributed by atoms with Gasteiger partial charge >= 0.3 is 18.1 Å². The van der Waals surface area contributed by atoms with Gasteiger partial charge in [0.05, 0.1) is 0 Å². The SMILES string of the molecule is CC(=O)O[C@@H]1C=C2[C@H](OC(=O)C(F)(F)F)C[C@@H]3[C@H](CC[C@]4(C)C(=O)CC[C@@H]34)[C@@]2(C)CC1. The second kappa shape index (κ2) is 7.34. The molecule has 3 saturated carbocycles. The summed E-state index contributed by atoms with van der Waals surface area (Å²) in [6, 6.07) is 0. The van der Waals surface area contributed by atoms with Crippen molar-refractivity contribution in [2.75, 3.05) is 0 Å². The summed E-state index contributed by atoms with van der Waals surface area (Å²) in [7, 11) is 0. The molecule has 8 heteroatoms. The van der Waals surface area contributed by atoms with Crippen molar-refractivity contribution < 1.29 is 37.0 Å². The molecule has 0 N–H and O–H groups in total. The molecule has 0 saturated heterocycles. The number of ether oxygens (including phenoxy) is 2. The Bertz CT molecular complexity index is 834. The van der Waals surface area contributed by atoms with Crippen LogP contribution in [-0.2, 0) is 23.9 Å². The van der Waals surface area contributed by atoms with Crippen molar-refractivity contribution in [2.24, 2.45) is 28.6 Å². The first-order valence-corrected chi connectivity index (χ1v) is 11.1. The van der Waals surface area contributed by atoms with E-state index in [-0.39, 0.29) is 30.0 Å². The molecule has 0 bridgehead atoms. The van der Waals surface area contributed by atoms with Gasteiger partial charge in [0, 0.05) is 18.8 Å². The summed E-state index contributed by atoms with van der Waals surface area (Å²) < 4.78 is 49.4. The van der Waals surface area contributed by atoms with Gasteiger partial charge in [-0.25, -0.2) is 4.79 Å². The lowest BCUT2D eigenvalue weighted by molar-refractivity contribution is -0.207. The van der Waals surface area contributed by atoms with E-state index < -0.39 is 41.2 Å². The number of halogens is 3. The lowest BCUT2D eigenvalue weighted by atomic mass is 9.47. The molecule has 0 amide bonds. The largest absolute Gasteiger partial charge is 0.490 e. The maximum absolute atomic E-state index is 13.0. The number of carbonyl (C=O) groups is 3. The fourth-order valence-corrected chi connectivity index (χ4v) is 7.10. The van der Waals surface area contributed by atoms with E-state index in [1.54, 1.807) is 6.08 Å². The molecule has 3 fully saturated rings. The highest BCUT2D eigenvalue weighted by molar-refractivity contribution is 5.87.